The zero-order valence-corrected chi connectivity index (χ0v) is 16.2. The third kappa shape index (κ3) is 6.62. The number of Topliss-reactive ketones (excluding diaryl/α,β-unsaturated/α-hetero) is 1. The summed E-state index contributed by atoms with van der Waals surface area (Å²) in [5.74, 6) is -1.29. The van der Waals surface area contributed by atoms with Crippen molar-refractivity contribution in [1.29, 1.82) is 0 Å². The molecule has 0 saturated heterocycles. The maximum Gasteiger partial charge on any atom is 0.573 e. The van der Waals surface area contributed by atoms with Gasteiger partial charge in [0.05, 0.1) is 0 Å². The van der Waals surface area contributed by atoms with Crippen molar-refractivity contribution in [2.24, 2.45) is 0 Å². The number of carbonyl (C=O) groups excluding carboxylic acids is 2. The molecule has 0 unspecified atom stereocenters. The van der Waals surface area contributed by atoms with Gasteiger partial charge >= 0.3 is 12.3 Å². The van der Waals surface area contributed by atoms with Crippen LogP contribution in [-0.4, -0.2) is 28.3 Å². The molecule has 2 aromatic rings. The highest BCUT2D eigenvalue weighted by atomic mass is 19.4. The first-order chi connectivity index (χ1) is 12.4. The van der Waals surface area contributed by atoms with Gasteiger partial charge < -0.3 is 14.0 Å². The molecule has 0 fully saturated rings. The van der Waals surface area contributed by atoms with E-state index in [1.54, 1.807) is 20.8 Å². The lowest BCUT2D eigenvalue weighted by Gasteiger charge is -2.19. The summed E-state index contributed by atoms with van der Waals surface area (Å²) in [4.78, 5) is 23.8. The van der Waals surface area contributed by atoms with E-state index < -0.39 is 23.7 Å². The van der Waals surface area contributed by atoms with E-state index in [0.29, 0.717) is 5.52 Å². The fraction of sp³-hybridized carbons (Fsp3) is 0.474. The molecule has 0 aliphatic rings. The summed E-state index contributed by atoms with van der Waals surface area (Å²) in [5, 5.41) is 0.276. The predicted octanol–water partition coefficient (Wildman–Crippen LogP) is 5.11. The maximum absolute atomic E-state index is 12.4. The van der Waals surface area contributed by atoms with Gasteiger partial charge in [0.2, 0.25) is 0 Å². The van der Waals surface area contributed by atoms with Gasteiger partial charge in [0.15, 0.2) is 5.78 Å². The fourth-order valence-corrected chi connectivity index (χ4v) is 2.40. The monoisotopic (exact) mass is 387 g/mol. The van der Waals surface area contributed by atoms with Crippen LogP contribution >= 0.6 is 0 Å². The molecule has 150 valence electrons. The summed E-state index contributed by atoms with van der Waals surface area (Å²) in [6.07, 6.45) is -3.41. The molecule has 1 aromatic carbocycles. The molecule has 1 heterocycles. The Morgan fingerprint density at radius 1 is 1.11 bits per heavy atom. The summed E-state index contributed by atoms with van der Waals surface area (Å²) >= 11 is 0. The van der Waals surface area contributed by atoms with E-state index in [-0.39, 0.29) is 23.3 Å². The van der Waals surface area contributed by atoms with Crippen molar-refractivity contribution < 1.29 is 32.2 Å². The molecule has 0 spiro atoms. The third-order valence-electron chi connectivity index (χ3n) is 3.18. The molecule has 0 N–H and O–H groups in total. The van der Waals surface area contributed by atoms with E-state index in [2.05, 4.69) is 4.74 Å². The van der Waals surface area contributed by atoms with Gasteiger partial charge in [-0.05, 0) is 45.9 Å². The number of rotatable bonds is 4. The number of carbonyl (C=O) groups is 2. The first kappa shape index (κ1) is 22.5. The minimum atomic E-state index is -4.83. The highest BCUT2D eigenvalue weighted by Gasteiger charge is 2.31. The van der Waals surface area contributed by atoms with E-state index in [1.165, 1.54) is 23.8 Å². The van der Waals surface area contributed by atoms with E-state index in [9.17, 15) is 22.8 Å². The largest absolute Gasteiger partial charge is 0.573 e. The SMILES string of the molecule is CC.CC(=O)c1cn(CC(=O)OC(C)(C)C)c2ccc(OC(F)(F)F)cc12. The van der Waals surface area contributed by atoms with Crippen molar-refractivity contribution >= 4 is 22.7 Å². The van der Waals surface area contributed by atoms with Gasteiger partial charge in [-0.25, -0.2) is 0 Å². The molecule has 5 nitrogen and oxygen atoms in total. The maximum atomic E-state index is 12.4. The topological polar surface area (TPSA) is 57.5 Å². The van der Waals surface area contributed by atoms with Crippen molar-refractivity contribution in [1.82, 2.24) is 4.57 Å². The van der Waals surface area contributed by atoms with Crippen molar-refractivity contribution in [2.45, 2.75) is 60.1 Å². The van der Waals surface area contributed by atoms with E-state index in [0.717, 1.165) is 12.1 Å². The Morgan fingerprint density at radius 2 is 1.70 bits per heavy atom. The fourth-order valence-electron chi connectivity index (χ4n) is 2.40. The number of alkyl halides is 3. The Kier molecular flexibility index (Phi) is 7.05. The number of hydrogen-bond acceptors (Lipinski definition) is 4. The summed E-state index contributed by atoms with van der Waals surface area (Å²) in [6.45, 7) is 10.3. The van der Waals surface area contributed by atoms with Crippen LogP contribution in [0.1, 0.15) is 51.9 Å². The van der Waals surface area contributed by atoms with E-state index in [4.69, 9.17) is 4.74 Å². The van der Waals surface area contributed by atoms with Crippen LogP contribution in [0.5, 0.6) is 5.75 Å². The molecule has 0 aliphatic carbocycles. The average molecular weight is 387 g/mol. The van der Waals surface area contributed by atoms with Gasteiger partial charge in [-0.15, -0.1) is 13.2 Å². The van der Waals surface area contributed by atoms with Gasteiger partial charge in [-0.1, -0.05) is 13.8 Å². The van der Waals surface area contributed by atoms with Gasteiger partial charge in [0.1, 0.15) is 17.9 Å². The summed E-state index contributed by atoms with van der Waals surface area (Å²) in [6, 6.07) is 3.63. The van der Waals surface area contributed by atoms with Gasteiger partial charge in [0, 0.05) is 22.7 Å². The van der Waals surface area contributed by atoms with Crippen LogP contribution in [0.2, 0.25) is 0 Å². The molecule has 0 bridgehead atoms. The first-order valence-corrected chi connectivity index (χ1v) is 8.47. The second-order valence-electron chi connectivity index (χ2n) is 6.54. The number of fused-ring (bicyclic) bond motifs is 1. The number of ether oxygens (including phenoxy) is 2. The molecule has 0 amide bonds. The van der Waals surface area contributed by atoms with Crippen molar-refractivity contribution in [2.75, 3.05) is 0 Å². The molecule has 1 aromatic heterocycles. The Morgan fingerprint density at radius 3 is 2.19 bits per heavy atom. The van der Waals surface area contributed by atoms with Crippen LogP contribution in [0, 0.1) is 0 Å². The Hall–Kier alpha value is -2.51. The van der Waals surface area contributed by atoms with Crippen LogP contribution in [0.25, 0.3) is 10.9 Å². The van der Waals surface area contributed by atoms with Crippen LogP contribution in [-0.2, 0) is 16.1 Å². The number of nitrogens with zero attached hydrogens (tertiary/aromatic N) is 1. The van der Waals surface area contributed by atoms with Gasteiger partial charge in [0.25, 0.3) is 0 Å². The number of hydrogen-bond donors (Lipinski definition) is 0. The Labute approximate surface area is 156 Å². The number of aromatic nitrogens is 1. The zero-order valence-electron chi connectivity index (χ0n) is 16.2. The lowest BCUT2D eigenvalue weighted by molar-refractivity contribution is -0.274. The standard InChI is InChI=1S/C17H18F3NO4.C2H6/c1-10(22)13-8-21(9-15(23)25-16(2,3)4)14-6-5-11(7-12(13)14)24-17(18,19)20;1-2/h5-8H,9H2,1-4H3;1-2H3. The molecule has 2 rings (SSSR count). The van der Waals surface area contributed by atoms with E-state index in [1.807, 2.05) is 13.8 Å². The number of benzene rings is 1. The lowest BCUT2D eigenvalue weighted by Crippen LogP contribution is -2.26. The van der Waals surface area contributed by atoms with Gasteiger partial charge in [-0.3, -0.25) is 9.59 Å². The normalized spacial score (nSPS) is 11.6. The average Bonchev–Trinajstić information content (AvgIpc) is 2.84. The molecule has 0 aliphatic heterocycles. The summed E-state index contributed by atoms with van der Waals surface area (Å²) in [5.41, 5.74) is -0.0336. The molecule has 0 radical (unpaired) electrons. The third-order valence-corrected chi connectivity index (χ3v) is 3.18. The van der Waals surface area contributed by atoms with E-state index >= 15 is 0 Å². The van der Waals surface area contributed by atoms with Crippen LogP contribution < -0.4 is 4.74 Å². The van der Waals surface area contributed by atoms with Crippen LogP contribution in [0.3, 0.4) is 0 Å². The highest BCUT2D eigenvalue weighted by Crippen LogP contribution is 2.30. The van der Waals surface area contributed by atoms with Crippen molar-refractivity contribution in [3.05, 3.63) is 30.0 Å². The van der Waals surface area contributed by atoms with Crippen LogP contribution in [0.4, 0.5) is 13.2 Å². The molecule has 0 atom stereocenters. The molecule has 27 heavy (non-hydrogen) atoms. The molecular weight excluding hydrogens is 363 g/mol. The molecule has 8 heteroatoms. The Balaban J connectivity index is 0.00000176. The van der Waals surface area contributed by atoms with Gasteiger partial charge in [-0.2, -0.15) is 0 Å². The minimum absolute atomic E-state index is 0.166. The number of ketones is 1. The summed E-state index contributed by atoms with van der Waals surface area (Å²) < 4.78 is 47.7. The number of halogens is 3. The highest BCUT2D eigenvalue weighted by molar-refractivity contribution is 6.07. The molecule has 0 saturated carbocycles. The van der Waals surface area contributed by atoms with Crippen molar-refractivity contribution in [3.8, 4) is 5.75 Å². The quantitative estimate of drug-likeness (QED) is 0.540. The smallest absolute Gasteiger partial charge is 0.459 e. The van der Waals surface area contributed by atoms with Crippen molar-refractivity contribution in [3.63, 3.8) is 0 Å². The summed E-state index contributed by atoms with van der Waals surface area (Å²) in [7, 11) is 0. The second kappa shape index (κ2) is 8.45. The van der Waals surface area contributed by atoms with Crippen LogP contribution in [0.15, 0.2) is 24.4 Å². The predicted molar refractivity (Wildman–Crippen MR) is 95.8 cm³/mol. The second-order valence-corrected chi connectivity index (χ2v) is 6.54. The zero-order chi connectivity index (χ0) is 21.0. The number of esters is 1. The first-order valence-electron chi connectivity index (χ1n) is 8.47. The minimum Gasteiger partial charge on any atom is -0.459 e. The molecular formula is C19H24F3NO4. The lowest BCUT2D eigenvalue weighted by atomic mass is 10.1. The Bertz CT molecular complexity index is 817.